The van der Waals surface area contributed by atoms with Crippen molar-refractivity contribution in [2.75, 3.05) is 6.61 Å². The van der Waals surface area contributed by atoms with Crippen LogP contribution in [-0.2, 0) is 3.79 Å². The molecule has 0 heterocycles. The van der Waals surface area contributed by atoms with E-state index in [1.54, 1.807) is 0 Å². The molecule has 1 radical (unpaired) electrons. The molecule has 0 fully saturated rings. The van der Waals surface area contributed by atoms with Gasteiger partial charge in [0.1, 0.15) is 0 Å². The van der Waals surface area contributed by atoms with Gasteiger partial charge in [0.05, 0.1) is 0 Å². The van der Waals surface area contributed by atoms with Crippen LogP contribution in [0.5, 0.6) is 0 Å². The first-order chi connectivity index (χ1) is 6.91. The topological polar surface area (TPSA) is 9.23 Å². The molecule has 0 N–H and O–H groups in total. The first kappa shape index (κ1) is 14.5. The molecule has 0 aromatic rings. The molecule has 0 aliphatic rings. The van der Waals surface area contributed by atoms with Crippen LogP contribution in [0.4, 0.5) is 0 Å². The van der Waals surface area contributed by atoms with Gasteiger partial charge in [-0.25, -0.2) is 0 Å². The Hall–Kier alpha value is 0.492. The molecule has 0 aromatic carbocycles. The second-order valence-corrected chi connectivity index (χ2v) is 5.19. The Morgan fingerprint density at radius 1 is 0.786 bits per heavy atom. The molecule has 1 nitrogen and oxygen atoms in total. The van der Waals surface area contributed by atoms with Crippen molar-refractivity contribution in [3.63, 3.8) is 0 Å². The lowest BCUT2D eigenvalue weighted by molar-refractivity contribution is 0.320. The van der Waals surface area contributed by atoms with Gasteiger partial charge in [-0.2, -0.15) is 0 Å². The summed E-state index contributed by atoms with van der Waals surface area (Å²) in [6, 6.07) is 0. The number of hydrogen-bond acceptors (Lipinski definition) is 1. The van der Waals surface area contributed by atoms with E-state index in [1.165, 1.54) is 56.6 Å². The van der Waals surface area contributed by atoms with Gasteiger partial charge in [0.25, 0.3) is 0 Å². The van der Waals surface area contributed by atoms with Crippen LogP contribution in [0.1, 0.15) is 65.2 Å². The zero-order valence-electron chi connectivity index (χ0n) is 10.1. The van der Waals surface area contributed by atoms with Crippen LogP contribution in [0, 0.1) is 0 Å². The summed E-state index contributed by atoms with van der Waals surface area (Å²) in [5.41, 5.74) is 0. The van der Waals surface area contributed by atoms with Crippen LogP contribution < -0.4 is 0 Å². The highest BCUT2D eigenvalue weighted by Crippen LogP contribution is 2.03. The highest BCUT2D eigenvalue weighted by Gasteiger charge is 1.95. The zero-order valence-corrected chi connectivity index (χ0v) is 11.2. The summed E-state index contributed by atoms with van der Waals surface area (Å²) in [6.45, 7) is 5.53. The van der Waals surface area contributed by atoms with Crippen LogP contribution in [0.15, 0.2) is 0 Å². The van der Waals surface area contributed by atoms with Crippen molar-refractivity contribution >= 4 is 15.6 Å². The van der Waals surface area contributed by atoms with Gasteiger partial charge < -0.3 is 3.79 Å². The fraction of sp³-hybridized carbons (Fsp3) is 1.00. The molecule has 0 aliphatic carbocycles. The van der Waals surface area contributed by atoms with Crippen molar-refractivity contribution in [2.45, 2.75) is 70.5 Å². The third-order valence-corrected chi connectivity index (χ3v) is 3.52. The lowest BCUT2D eigenvalue weighted by atomic mass is 10.2. The van der Waals surface area contributed by atoms with Gasteiger partial charge >= 0.3 is 15.6 Å². The molecule has 0 amide bonds. The Kier molecular flexibility index (Phi) is 14.0. The van der Waals surface area contributed by atoms with Gasteiger partial charge in [-0.05, 0) is 6.42 Å². The summed E-state index contributed by atoms with van der Waals surface area (Å²) in [6.07, 6.45) is 10.9. The van der Waals surface area contributed by atoms with Crippen molar-refractivity contribution in [3.8, 4) is 0 Å². The monoisotopic (exact) mass is 213 g/mol. The maximum absolute atomic E-state index is 5.64. The number of unbranched alkanes of at least 4 members (excludes halogenated alkanes) is 6. The van der Waals surface area contributed by atoms with E-state index >= 15 is 0 Å². The van der Waals surface area contributed by atoms with E-state index in [9.17, 15) is 0 Å². The van der Waals surface area contributed by atoms with Crippen molar-refractivity contribution in [2.24, 2.45) is 0 Å². The lowest BCUT2D eigenvalue weighted by Gasteiger charge is -2.02. The van der Waals surface area contributed by atoms with Crippen molar-refractivity contribution in [1.29, 1.82) is 0 Å². The quantitative estimate of drug-likeness (QED) is 0.369. The molecular formula is C12H26AlO. The Bertz CT molecular complexity index is 84.3. The van der Waals surface area contributed by atoms with E-state index in [4.69, 9.17) is 3.79 Å². The first-order valence-electron chi connectivity index (χ1n) is 6.35. The minimum atomic E-state index is 0.302. The van der Waals surface area contributed by atoms with E-state index in [-0.39, 0.29) is 0 Å². The van der Waals surface area contributed by atoms with Crippen molar-refractivity contribution < 1.29 is 3.79 Å². The minimum Gasteiger partial charge on any atom is -0.507 e. The molecular weight excluding hydrogens is 187 g/mol. The van der Waals surface area contributed by atoms with Crippen LogP contribution >= 0.6 is 0 Å². The van der Waals surface area contributed by atoms with Gasteiger partial charge in [-0.15, -0.1) is 0 Å². The van der Waals surface area contributed by atoms with E-state index in [0.29, 0.717) is 15.6 Å². The third kappa shape index (κ3) is 12.5. The Morgan fingerprint density at radius 2 is 1.43 bits per heavy atom. The largest absolute Gasteiger partial charge is 0.507 e. The average molecular weight is 213 g/mol. The minimum absolute atomic E-state index is 0.302. The molecule has 0 saturated heterocycles. The van der Waals surface area contributed by atoms with E-state index < -0.39 is 0 Å². The summed E-state index contributed by atoms with van der Waals surface area (Å²) < 4.78 is 5.64. The smallest absolute Gasteiger partial charge is 0.423 e. The molecule has 2 heteroatoms. The summed E-state index contributed by atoms with van der Waals surface area (Å²) in [4.78, 5) is 0. The van der Waals surface area contributed by atoms with Crippen LogP contribution in [-0.4, -0.2) is 22.2 Å². The maximum Gasteiger partial charge on any atom is 0.423 e. The van der Waals surface area contributed by atoms with Gasteiger partial charge in [-0.3, -0.25) is 0 Å². The lowest BCUT2D eigenvalue weighted by Crippen LogP contribution is -2.00. The van der Waals surface area contributed by atoms with Crippen molar-refractivity contribution in [1.82, 2.24) is 0 Å². The molecule has 0 aromatic heterocycles. The second-order valence-electron chi connectivity index (χ2n) is 3.95. The predicted octanol–water partition coefficient (Wildman–Crippen LogP) is 4.20. The van der Waals surface area contributed by atoms with Crippen LogP contribution in [0.25, 0.3) is 0 Å². The summed E-state index contributed by atoms with van der Waals surface area (Å²) in [5.74, 6) is 0. The normalized spacial score (nSPS) is 10.4. The molecule has 0 bridgehead atoms. The van der Waals surface area contributed by atoms with Gasteiger partial charge in [-0.1, -0.05) is 64.1 Å². The molecule has 83 valence electrons. The van der Waals surface area contributed by atoms with E-state index in [1.807, 2.05) is 0 Å². The van der Waals surface area contributed by atoms with Crippen molar-refractivity contribution in [3.05, 3.63) is 0 Å². The third-order valence-electron chi connectivity index (χ3n) is 2.41. The van der Waals surface area contributed by atoms with Gasteiger partial charge in [0, 0.05) is 6.61 Å². The van der Waals surface area contributed by atoms with Crippen LogP contribution in [0.2, 0.25) is 5.28 Å². The summed E-state index contributed by atoms with van der Waals surface area (Å²) in [7, 11) is 0. The van der Waals surface area contributed by atoms with E-state index in [2.05, 4.69) is 13.8 Å². The molecule has 14 heavy (non-hydrogen) atoms. The van der Waals surface area contributed by atoms with Gasteiger partial charge in [0.2, 0.25) is 0 Å². The highest BCUT2D eigenvalue weighted by atomic mass is 27.1. The first-order valence-corrected chi connectivity index (χ1v) is 7.63. The molecule has 0 spiro atoms. The Morgan fingerprint density at radius 3 is 2.07 bits per heavy atom. The second kappa shape index (κ2) is 13.5. The maximum atomic E-state index is 5.64. The predicted molar refractivity (Wildman–Crippen MR) is 64.8 cm³/mol. The number of rotatable bonds is 11. The fourth-order valence-electron chi connectivity index (χ4n) is 1.43. The molecule has 0 saturated carbocycles. The average Bonchev–Trinajstić information content (AvgIpc) is 2.21. The molecule has 0 atom stereocenters. The fourth-order valence-corrected chi connectivity index (χ4v) is 2.39. The van der Waals surface area contributed by atoms with Crippen LogP contribution in [0.3, 0.4) is 0 Å². The summed E-state index contributed by atoms with van der Waals surface area (Å²) in [5, 5.41) is 1.34. The Balaban J connectivity index is 2.78. The SMILES string of the molecule is CCCCCC[O][Al][CH2]CCCCC. The zero-order chi connectivity index (χ0) is 10.5. The standard InChI is InChI=1S/C6H13O.C6H13.Al/c1-2-3-4-5-6-7;1-3-5-6-4-2;/h2-6H2,1H3;1,3-6H2,2H3;/q-1;;+1. The summed E-state index contributed by atoms with van der Waals surface area (Å²) >= 11 is 0.302. The van der Waals surface area contributed by atoms with E-state index in [0.717, 1.165) is 6.61 Å². The Labute approximate surface area is 96.7 Å². The molecule has 0 aliphatic heterocycles. The highest BCUT2D eigenvalue weighted by molar-refractivity contribution is 6.26. The molecule has 0 unspecified atom stereocenters. The van der Waals surface area contributed by atoms with Gasteiger partial charge in [0.15, 0.2) is 0 Å². The molecule has 0 rings (SSSR count). The number of hydrogen-bond donors (Lipinski definition) is 0.